The molecular formula is C14H22ClN. The lowest BCUT2D eigenvalue weighted by atomic mass is 10.1. The molecule has 1 rings (SSSR count). The summed E-state index contributed by atoms with van der Waals surface area (Å²) in [6, 6.07) is 6.53. The van der Waals surface area contributed by atoms with Crippen LogP contribution >= 0.6 is 11.6 Å². The number of alkyl halides is 1. The minimum Gasteiger partial charge on any atom is -0.371 e. The average Bonchev–Trinajstić information content (AvgIpc) is 2.29. The Morgan fingerprint density at radius 2 is 1.75 bits per heavy atom. The minimum atomic E-state index is 0.600. The van der Waals surface area contributed by atoms with Crippen LogP contribution in [0.4, 0.5) is 5.69 Å². The Kier molecular flexibility index (Phi) is 5.68. The molecule has 0 N–H and O–H groups in total. The SMILES string of the molecule is CCCN(CCC)c1ccc(CCl)cc1C. The van der Waals surface area contributed by atoms with Crippen molar-refractivity contribution in [3.05, 3.63) is 29.3 Å². The van der Waals surface area contributed by atoms with Gasteiger partial charge < -0.3 is 4.90 Å². The summed E-state index contributed by atoms with van der Waals surface area (Å²) in [4.78, 5) is 2.47. The van der Waals surface area contributed by atoms with Gasteiger partial charge >= 0.3 is 0 Å². The first-order chi connectivity index (χ1) is 7.72. The second-order valence-electron chi connectivity index (χ2n) is 4.24. The highest BCUT2D eigenvalue weighted by Gasteiger charge is 2.07. The maximum absolute atomic E-state index is 5.84. The van der Waals surface area contributed by atoms with Crippen LogP contribution in [0.5, 0.6) is 0 Å². The zero-order chi connectivity index (χ0) is 12.0. The Bertz CT molecular complexity index is 317. The third-order valence-electron chi connectivity index (χ3n) is 2.74. The summed E-state index contributed by atoms with van der Waals surface area (Å²) in [7, 11) is 0. The first-order valence-electron chi connectivity index (χ1n) is 6.13. The molecule has 90 valence electrons. The molecule has 0 heterocycles. The maximum atomic E-state index is 5.84. The van der Waals surface area contributed by atoms with Crippen LogP contribution < -0.4 is 4.90 Å². The largest absolute Gasteiger partial charge is 0.371 e. The normalized spacial score (nSPS) is 10.5. The molecule has 0 aromatic heterocycles. The van der Waals surface area contributed by atoms with Gasteiger partial charge in [-0.05, 0) is 37.0 Å². The number of anilines is 1. The molecule has 1 aromatic rings. The van der Waals surface area contributed by atoms with E-state index in [1.807, 2.05) is 0 Å². The molecule has 0 aliphatic rings. The molecule has 1 aromatic carbocycles. The van der Waals surface area contributed by atoms with Gasteiger partial charge in [0.25, 0.3) is 0 Å². The highest BCUT2D eigenvalue weighted by Crippen LogP contribution is 2.22. The standard InChI is InChI=1S/C14H22ClN/c1-4-8-16(9-5-2)14-7-6-13(11-15)10-12(14)3/h6-7,10H,4-5,8-9,11H2,1-3H3. The molecule has 0 saturated carbocycles. The van der Waals surface area contributed by atoms with Gasteiger partial charge in [0.05, 0.1) is 0 Å². The summed E-state index contributed by atoms with van der Waals surface area (Å²) in [6.07, 6.45) is 2.38. The van der Waals surface area contributed by atoms with Crippen molar-refractivity contribution in [2.45, 2.75) is 39.5 Å². The maximum Gasteiger partial charge on any atom is 0.0474 e. The molecule has 16 heavy (non-hydrogen) atoms. The number of halogens is 1. The Labute approximate surface area is 104 Å². The molecule has 0 unspecified atom stereocenters. The average molecular weight is 240 g/mol. The highest BCUT2D eigenvalue weighted by molar-refractivity contribution is 6.17. The van der Waals surface area contributed by atoms with E-state index >= 15 is 0 Å². The van der Waals surface area contributed by atoms with Gasteiger partial charge in [-0.2, -0.15) is 0 Å². The second-order valence-corrected chi connectivity index (χ2v) is 4.51. The van der Waals surface area contributed by atoms with E-state index in [9.17, 15) is 0 Å². The van der Waals surface area contributed by atoms with E-state index in [1.54, 1.807) is 0 Å². The summed E-state index contributed by atoms with van der Waals surface area (Å²) in [5.41, 5.74) is 3.90. The molecule has 0 spiro atoms. The van der Waals surface area contributed by atoms with Crippen molar-refractivity contribution in [3.8, 4) is 0 Å². The van der Waals surface area contributed by atoms with Crippen LogP contribution in [0, 0.1) is 6.92 Å². The minimum absolute atomic E-state index is 0.600. The van der Waals surface area contributed by atoms with Crippen molar-refractivity contribution in [1.82, 2.24) is 0 Å². The number of rotatable bonds is 6. The van der Waals surface area contributed by atoms with Crippen LogP contribution in [0.2, 0.25) is 0 Å². The Balaban J connectivity index is 2.90. The molecule has 0 saturated heterocycles. The highest BCUT2D eigenvalue weighted by atomic mass is 35.5. The second kappa shape index (κ2) is 6.80. The number of hydrogen-bond donors (Lipinski definition) is 0. The number of aryl methyl sites for hydroxylation is 1. The molecule has 0 bridgehead atoms. The van der Waals surface area contributed by atoms with Gasteiger partial charge in [-0.15, -0.1) is 11.6 Å². The lowest BCUT2D eigenvalue weighted by Gasteiger charge is -2.25. The number of hydrogen-bond acceptors (Lipinski definition) is 1. The van der Waals surface area contributed by atoms with Crippen LogP contribution in [0.15, 0.2) is 18.2 Å². The molecule has 0 aliphatic heterocycles. The summed E-state index contributed by atoms with van der Waals surface area (Å²) in [5.74, 6) is 0.600. The molecule has 0 fully saturated rings. The van der Waals surface area contributed by atoms with Gasteiger partial charge in [-0.1, -0.05) is 26.0 Å². The van der Waals surface area contributed by atoms with Gasteiger partial charge in [-0.3, -0.25) is 0 Å². The number of benzene rings is 1. The summed E-state index contributed by atoms with van der Waals surface area (Å²) < 4.78 is 0. The Morgan fingerprint density at radius 1 is 1.12 bits per heavy atom. The Hall–Kier alpha value is -0.690. The lowest BCUT2D eigenvalue weighted by molar-refractivity contribution is 0.742. The van der Waals surface area contributed by atoms with Crippen molar-refractivity contribution in [3.63, 3.8) is 0 Å². The van der Waals surface area contributed by atoms with E-state index in [1.165, 1.54) is 29.7 Å². The van der Waals surface area contributed by atoms with E-state index in [0.717, 1.165) is 13.1 Å². The van der Waals surface area contributed by atoms with Crippen molar-refractivity contribution in [2.24, 2.45) is 0 Å². The first kappa shape index (κ1) is 13.4. The summed E-state index contributed by atoms with van der Waals surface area (Å²) >= 11 is 5.84. The fourth-order valence-corrected chi connectivity index (χ4v) is 2.21. The van der Waals surface area contributed by atoms with Crippen LogP contribution in [0.3, 0.4) is 0 Å². The molecule has 0 amide bonds. The quantitative estimate of drug-likeness (QED) is 0.667. The predicted molar refractivity (Wildman–Crippen MR) is 73.5 cm³/mol. The number of nitrogens with zero attached hydrogens (tertiary/aromatic N) is 1. The predicted octanol–water partition coefficient (Wildman–Crippen LogP) is 4.36. The van der Waals surface area contributed by atoms with E-state index in [-0.39, 0.29) is 0 Å². The van der Waals surface area contributed by atoms with Crippen molar-refractivity contribution in [1.29, 1.82) is 0 Å². The van der Waals surface area contributed by atoms with Crippen molar-refractivity contribution in [2.75, 3.05) is 18.0 Å². The molecule has 1 nitrogen and oxygen atoms in total. The Morgan fingerprint density at radius 3 is 2.19 bits per heavy atom. The molecule has 0 radical (unpaired) electrons. The summed E-state index contributed by atoms with van der Waals surface area (Å²) in [6.45, 7) is 8.89. The fraction of sp³-hybridized carbons (Fsp3) is 0.571. The monoisotopic (exact) mass is 239 g/mol. The third-order valence-corrected chi connectivity index (χ3v) is 3.05. The molecule has 0 aliphatic carbocycles. The fourth-order valence-electron chi connectivity index (χ4n) is 2.05. The zero-order valence-corrected chi connectivity index (χ0v) is 11.3. The van der Waals surface area contributed by atoms with Crippen LogP contribution in [0.25, 0.3) is 0 Å². The third kappa shape index (κ3) is 3.41. The summed E-state index contributed by atoms with van der Waals surface area (Å²) in [5, 5.41) is 0. The van der Waals surface area contributed by atoms with Gasteiger partial charge in [0, 0.05) is 24.7 Å². The van der Waals surface area contributed by atoms with E-state index < -0.39 is 0 Å². The van der Waals surface area contributed by atoms with Crippen LogP contribution in [-0.4, -0.2) is 13.1 Å². The van der Waals surface area contributed by atoms with Crippen LogP contribution in [0.1, 0.15) is 37.8 Å². The van der Waals surface area contributed by atoms with Gasteiger partial charge in [0.15, 0.2) is 0 Å². The van der Waals surface area contributed by atoms with E-state index in [0.29, 0.717) is 5.88 Å². The van der Waals surface area contributed by atoms with Gasteiger partial charge in [0.2, 0.25) is 0 Å². The topological polar surface area (TPSA) is 3.24 Å². The lowest BCUT2D eigenvalue weighted by Crippen LogP contribution is -2.25. The molecule has 2 heteroatoms. The molecular weight excluding hydrogens is 218 g/mol. The van der Waals surface area contributed by atoms with Gasteiger partial charge in [-0.25, -0.2) is 0 Å². The smallest absolute Gasteiger partial charge is 0.0474 e. The first-order valence-corrected chi connectivity index (χ1v) is 6.66. The van der Waals surface area contributed by atoms with E-state index in [2.05, 4.69) is 43.9 Å². The van der Waals surface area contributed by atoms with Crippen molar-refractivity contribution >= 4 is 17.3 Å². The zero-order valence-electron chi connectivity index (χ0n) is 10.6. The van der Waals surface area contributed by atoms with E-state index in [4.69, 9.17) is 11.6 Å². The van der Waals surface area contributed by atoms with Crippen LogP contribution in [-0.2, 0) is 5.88 Å². The van der Waals surface area contributed by atoms with Gasteiger partial charge in [0.1, 0.15) is 0 Å². The molecule has 0 atom stereocenters. The van der Waals surface area contributed by atoms with Crippen molar-refractivity contribution < 1.29 is 0 Å².